The van der Waals surface area contributed by atoms with Crippen molar-refractivity contribution in [1.29, 1.82) is 0 Å². The number of aromatic nitrogens is 2. The largest absolute Gasteiger partial charge is 0.368 e. The molecule has 5 nitrogen and oxygen atoms in total. The highest BCUT2D eigenvalue weighted by atomic mass is 19.1. The predicted molar refractivity (Wildman–Crippen MR) is 77.9 cm³/mol. The number of primary amides is 1. The van der Waals surface area contributed by atoms with Crippen LogP contribution in [-0.4, -0.2) is 21.7 Å². The summed E-state index contributed by atoms with van der Waals surface area (Å²) in [6.07, 6.45) is 3.70. The highest BCUT2D eigenvalue weighted by Crippen LogP contribution is 2.14. The highest BCUT2D eigenvalue weighted by molar-refractivity contribution is 5.81. The van der Waals surface area contributed by atoms with E-state index in [0.717, 1.165) is 5.56 Å². The Labute approximate surface area is 123 Å². The number of rotatable bonds is 6. The first kappa shape index (κ1) is 15.2. The Hall–Kier alpha value is -2.21. The molecule has 0 aliphatic heterocycles. The Morgan fingerprint density at radius 2 is 2.10 bits per heavy atom. The number of nitrogens with zero attached hydrogens (tertiary/aromatic N) is 2. The number of carbonyl (C=O) groups is 1. The van der Waals surface area contributed by atoms with Crippen LogP contribution in [0.3, 0.4) is 0 Å². The monoisotopic (exact) mass is 290 g/mol. The summed E-state index contributed by atoms with van der Waals surface area (Å²) in [5.41, 5.74) is 7.16. The molecule has 6 heteroatoms. The van der Waals surface area contributed by atoms with Crippen molar-refractivity contribution in [3.63, 3.8) is 0 Å². The van der Waals surface area contributed by atoms with Gasteiger partial charge in [0.25, 0.3) is 0 Å². The predicted octanol–water partition coefficient (Wildman–Crippen LogP) is 1.54. The number of aryl methyl sites for hydroxylation is 1. The minimum atomic E-state index is -0.655. The topological polar surface area (TPSA) is 72.9 Å². The van der Waals surface area contributed by atoms with Gasteiger partial charge in [0, 0.05) is 12.2 Å². The molecule has 2 aromatic rings. The molecule has 0 saturated heterocycles. The normalized spacial score (nSPS) is 13.9. The first-order valence-corrected chi connectivity index (χ1v) is 6.75. The molecule has 1 heterocycles. The van der Waals surface area contributed by atoms with Crippen molar-refractivity contribution in [3.05, 3.63) is 53.6 Å². The van der Waals surface area contributed by atoms with Crippen LogP contribution in [-0.2, 0) is 11.3 Å². The molecule has 1 amide bonds. The van der Waals surface area contributed by atoms with Crippen LogP contribution in [0.25, 0.3) is 0 Å². The molecule has 0 aliphatic carbocycles. The van der Waals surface area contributed by atoms with E-state index in [2.05, 4.69) is 10.4 Å². The molecule has 112 valence electrons. The number of nitrogens with two attached hydrogens (primary N) is 1. The Morgan fingerprint density at radius 1 is 1.43 bits per heavy atom. The van der Waals surface area contributed by atoms with Crippen molar-refractivity contribution < 1.29 is 9.18 Å². The number of nitrogens with one attached hydrogen (secondary N) is 1. The van der Waals surface area contributed by atoms with E-state index in [1.807, 2.05) is 20.0 Å². The van der Waals surface area contributed by atoms with Gasteiger partial charge < -0.3 is 5.73 Å². The lowest BCUT2D eigenvalue weighted by atomic mass is 10.1. The summed E-state index contributed by atoms with van der Waals surface area (Å²) >= 11 is 0. The summed E-state index contributed by atoms with van der Waals surface area (Å²) < 4.78 is 14.8. The van der Waals surface area contributed by atoms with Gasteiger partial charge in [-0.1, -0.05) is 12.1 Å². The molecule has 0 spiro atoms. The minimum Gasteiger partial charge on any atom is -0.368 e. The Bertz CT molecular complexity index is 608. The zero-order valence-electron chi connectivity index (χ0n) is 12.1. The summed E-state index contributed by atoms with van der Waals surface area (Å²) in [6, 6.07) is 5.07. The number of benzene rings is 1. The van der Waals surface area contributed by atoms with E-state index < -0.39 is 11.9 Å². The van der Waals surface area contributed by atoms with Gasteiger partial charge in [-0.2, -0.15) is 5.10 Å². The smallest absolute Gasteiger partial charge is 0.239 e. The Morgan fingerprint density at radius 3 is 2.62 bits per heavy atom. The molecule has 21 heavy (non-hydrogen) atoms. The fourth-order valence-corrected chi connectivity index (χ4v) is 2.18. The molecule has 0 saturated carbocycles. The first-order valence-electron chi connectivity index (χ1n) is 6.75. The van der Waals surface area contributed by atoms with Gasteiger partial charge in [0.15, 0.2) is 0 Å². The maximum atomic E-state index is 13.0. The third-order valence-corrected chi connectivity index (χ3v) is 3.16. The lowest BCUT2D eigenvalue weighted by molar-refractivity contribution is -0.120. The summed E-state index contributed by atoms with van der Waals surface area (Å²) in [6.45, 7) is 4.52. The van der Waals surface area contributed by atoms with Crippen molar-refractivity contribution in [2.45, 2.75) is 32.5 Å². The number of amides is 1. The third-order valence-electron chi connectivity index (χ3n) is 3.16. The van der Waals surface area contributed by atoms with Gasteiger partial charge in [-0.15, -0.1) is 0 Å². The maximum absolute atomic E-state index is 13.0. The van der Waals surface area contributed by atoms with Gasteiger partial charge in [-0.3, -0.25) is 14.8 Å². The molecule has 0 aliphatic rings. The van der Waals surface area contributed by atoms with Crippen LogP contribution in [0.2, 0.25) is 0 Å². The van der Waals surface area contributed by atoms with Crippen LogP contribution in [0.1, 0.15) is 24.1 Å². The van der Waals surface area contributed by atoms with E-state index in [1.165, 1.54) is 12.1 Å². The van der Waals surface area contributed by atoms with Gasteiger partial charge >= 0.3 is 0 Å². The molecule has 2 rings (SSSR count). The van der Waals surface area contributed by atoms with Gasteiger partial charge in [0.05, 0.1) is 12.7 Å². The molecule has 3 N–H and O–H groups in total. The number of carbonyl (C=O) groups excluding carboxylic acids is 1. The van der Waals surface area contributed by atoms with Gasteiger partial charge in [0.2, 0.25) is 5.91 Å². The van der Waals surface area contributed by atoms with E-state index in [9.17, 15) is 9.18 Å². The SMILES string of the molecule is Cc1cnn(C[C@H](C)N[C@@H](C(N)=O)c2ccc(F)cc2)c1. The molecule has 0 fully saturated rings. The van der Waals surface area contributed by atoms with Crippen LogP contribution in [0.15, 0.2) is 36.7 Å². The fourth-order valence-electron chi connectivity index (χ4n) is 2.18. The molecular weight excluding hydrogens is 271 g/mol. The van der Waals surface area contributed by atoms with Crippen molar-refractivity contribution in [2.24, 2.45) is 5.73 Å². The Balaban J connectivity index is 2.05. The first-order chi connectivity index (χ1) is 9.95. The van der Waals surface area contributed by atoms with Crippen LogP contribution < -0.4 is 11.1 Å². The summed E-state index contributed by atoms with van der Waals surface area (Å²) in [5.74, 6) is -0.841. The zero-order valence-corrected chi connectivity index (χ0v) is 12.1. The molecular formula is C15H19FN4O. The van der Waals surface area contributed by atoms with Crippen LogP contribution in [0, 0.1) is 12.7 Å². The van der Waals surface area contributed by atoms with E-state index in [-0.39, 0.29) is 11.9 Å². The molecule has 1 aromatic heterocycles. The second-order valence-electron chi connectivity index (χ2n) is 5.19. The quantitative estimate of drug-likeness (QED) is 0.847. The zero-order chi connectivity index (χ0) is 15.4. The molecule has 1 aromatic carbocycles. The van der Waals surface area contributed by atoms with E-state index in [1.54, 1.807) is 23.0 Å². The lowest BCUT2D eigenvalue weighted by Crippen LogP contribution is -2.40. The standard InChI is InChI=1S/C15H19FN4O/c1-10-7-18-20(8-10)9-11(2)19-14(15(17)21)12-3-5-13(16)6-4-12/h3-8,11,14,19H,9H2,1-2H3,(H2,17,21)/t11-,14+/m0/s1. The van der Waals surface area contributed by atoms with Crippen molar-refractivity contribution in [2.75, 3.05) is 0 Å². The van der Waals surface area contributed by atoms with Gasteiger partial charge in [-0.05, 0) is 37.1 Å². The second-order valence-corrected chi connectivity index (χ2v) is 5.19. The third kappa shape index (κ3) is 4.13. The second kappa shape index (κ2) is 6.49. The molecule has 2 atom stereocenters. The minimum absolute atomic E-state index is 0.0214. The number of hydrogen-bond donors (Lipinski definition) is 2. The van der Waals surface area contributed by atoms with Crippen LogP contribution >= 0.6 is 0 Å². The van der Waals surface area contributed by atoms with E-state index in [4.69, 9.17) is 5.73 Å². The molecule has 0 bridgehead atoms. The van der Waals surface area contributed by atoms with E-state index >= 15 is 0 Å². The van der Waals surface area contributed by atoms with Crippen molar-refractivity contribution >= 4 is 5.91 Å². The summed E-state index contributed by atoms with van der Waals surface area (Å²) in [5, 5.41) is 7.36. The Kier molecular flexibility index (Phi) is 4.70. The van der Waals surface area contributed by atoms with E-state index in [0.29, 0.717) is 12.1 Å². The van der Waals surface area contributed by atoms with Crippen molar-refractivity contribution in [1.82, 2.24) is 15.1 Å². The average molecular weight is 290 g/mol. The van der Waals surface area contributed by atoms with Crippen LogP contribution in [0.4, 0.5) is 4.39 Å². The average Bonchev–Trinajstić information content (AvgIpc) is 2.82. The molecule has 0 radical (unpaired) electrons. The number of hydrogen-bond acceptors (Lipinski definition) is 3. The molecule has 0 unspecified atom stereocenters. The fraction of sp³-hybridized carbons (Fsp3) is 0.333. The maximum Gasteiger partial charge on any atom is 0.239 e. The van der Waals surface area contributed by atoms with Crippen molar-refractivity contribution in [3.8, 4) is 0 Å². The highest BCUT2D eigenvalue weighted by Gasteiger charge is 2.20. The summed E-state index contributed by atoms with van der Waals surface area (Å²) in [7, 11) is 0. The lowest BCUT2D eigenvalue weighted by Gasteiger charge is -2.21. The number of halogens is 1. The van der Waals surface area contributed by atoms with Gasteiger partial charge in [-0.25, -0.2) is 4.39 Å². The summed E-state index contributed by atoms with van der Waals surface area (Å²) in [4.78, 5) is 11.6. The van der Waals surface area contributed by atoms with Gasteiger partial charge in [0.1, 0.15) is 11.9 Å². The van der Waals surface area contributed by atoms with Crippen LogP contribution in [0.5, 0.6) is 0 Å².